The molecule has 1 rings (SSSR count). The fourth-order valence-corrected chi connectivity index (χ4v) is 1.55. The van der Waals surface area contributed by atoms with Crippen molar-refractivity contribution in [3.8, 4) is 5.19 Å². The van der Waals surface area contributed by atoms with Gasteiger partial charge >= 0.3 is 5.97 Å². The number of esters is 1. The van der Waals surface area contributed by atoms with Crippen LogP contribution in [0.2, 0.25) is 0 Å². The topological polar surface area (TPSA) is 48.4 Å². The van der Waals surface area contributed by atoms with Gasteiger partial charge in [0, 0.05) is 11.1 Å². The van der Waals surface area contributed by atoms with Crippen LogP contribution in [-0.2, 0) is 16.0 Å². The monoisotopic (exact) mass is 201 g/mol. The first-order valence-electron chi connectivity index (χ1n) is 3.81. The van der Waals surface area contributed by atoms with E-state index in [0.717, 1.165) is 4.88 Å². The Morgan fingerprint density at radius 1 is 1.62 bits per heavy atom. The summed E-state index contributed by atoms with van der Waals surface area (Å²) in [6, 6.07) is 0. The standard InChI is InChI=1S/C8H11NO3S/c1-11-7(10)4-3-6-5-9-8(12-2)13-6/h5H,3-4H2,1-2H3. The molecule has 4 nitrogen and oxygen atoms in total. The summed E-state index contributed by atoms with van der Waals surface area (Å²) >= 11 is 1.44. The largest absolute Gasteiger partial charge is 0.473 e. The van der Waals surface area contributed by atoms with Crippen molar-refractivity contribution in [3.05, 3.63) is 11.1 Å². The van der Waals surface area contributed by atoms with Gasteiger partial charge in [-0.05, 0) is 6.42 Å². The lowest BCUT2D eigenvalue weighted by Gasteiger charge is -1.95. The highest BCUT2D eigenvalue weighted by atomic mass is 32.1. The van der Waals surface area contributed by atoms with E-state index in [1.54, 1.807) is 13.3 Å². The van der Waals surface area contributed by atoms with Gasteiger partial charge in [-0.3, -0.25) is 4.79 Å². The average Bonchev–Trinajstić information content (AvgIpc) is 2.61. The van der Waals surface area contributed by atoms with E-state index in [2.05, 4.69) is 9.72 Å². The summed E-state index contributed by atoms with van der Waals surface area (Å²) < 4.78 is 9.44. The van der Waals surface area contributed by atoms with Crippen molar-refractivity contribution >= 4 is 17.3 Å². The molecule has 13 heavy (non-hydrogen) atoms. The van der Waals surface area contributed by atoms with Gasteiger partial charge in [-0.15, -0.1) is 0 Å². The maximum Gasteiger partial charge on any atom is 0.305 e. The van der Waals surface area contributed by atoms with Gasteiger partial charge in [0.25, 0.3) is 5.19 Å². The van der Waals surface area contributed by atoms with Crippen LogP contribution in [0.15, 0.2) is 6.20 Å². The van der Waals surface area contributed by atoms with E-state index < -0.39 is 0 Å². The Balaban J connectivity index is 2.41. The number of ether oxygens (including phenoxy) is 2. The van der Waals surface area contributed by atoms with Gasteiger partial charge in [0.05, 0.1) is 20.6 Å². The van der Waals surface area contributed by atoms with E-state index in [4.69, 9.17) is 4.74 Å². The molecule has 0 bridgehead atoms. The van der Waals surface area contributed by atoms with Crippen LogP contribution in [0, 0.1) is 0 Å². The molecular formula is C8H11NO3S. The van der Waals surface area contributed by atoms with Crippen LogP contribution in [0.4, 0.5) is 0 Å². The molecule has 0 saturated heterocycles. The molecule has 0 radical (unpaired) electrons. The van der Waals surface area contributed by atoms with Gasteiger partial charge in [-0.1, -0.05) is 11.3 Å². The minimum Gasteiger partial charge on any atom is -0.473 e. The van der Waals surface area contributed by atoms with Gasteiger partial charge in [0.2, 0.25) is 0 Å². The molecule has 0 aliphatic heterocycles. The summed E-state index contributed by atoms with van der Waals surface area (Å²) in [7, 11) is 2.96. The second kappa shape index (κ2) is 4.81. The van der Waals surface area contributed by atoms with Crippen LogP contribution in [0.5, 0.6) is 5.19 Å². The van der Waals surface area contributed by atoms with Crippen LogP contribution < -0.4 is 4.74 Å². The van der Waals surface area contributed by atoms with Gasteiger partial charge in [0.15, 0.2) is 0 Å². The van der Waals surface area contributed by atoms with Crippen LogP contribution in [0.25, 0.3) is 0 Å². The number of aryl methyl sites for hydroxylation is 1. The van der Waals surface area contributed by atoms with Gasteiger partial charge < -0.3 is 9.47 Å². The number of thiazole rings is 1. The Kier molecular flexibility index (Phi) is 3.70. The summed E-state index contributed by atoms with van der Waals surface area (Å²) in [4.78, 5) is 15.8. The van der Waals surface area contributed by atoms with Crippen molar-refractivity contribution in [2.24, 2.45) is 0 Å². The molecular weight excluding hydrogens is 190 g/mol. The summed E-state index contributed by atoms with van der Waals surface area (Å²) in [5.74, 6) is -0.202. The highest BCUT2D eigenvalue weighted by Gasteiger charge is 2.05. The molecule has 5 heteroatoms. The number of aromatic nitrogens is 1. The Bertz CT molecular complexity index is 285. The number of carbonyl (C=O) groups excluding carboxylic acids is 1. The maximum atomic E-state index is 10.8. The Morgan fingerprint density at radius 2 is 2.38 bits per heavy atom. The smallest absolute Gasteiger partial charge is 0.305 e. The third-order valence-corrected chi connectivity index (χ3v) is 2.53. The summed E-state index contributed by atoms with van der Waals surface area (Å²) in [6.07, 6.45) is 2.77. The molecule has 0 aliphatic carbocycles. The summed E-state index contributed by atoms with van der Waals surface area (Å²) in [5, 5.41) is 0.625. The molecule has 0 atom stereocenters. The Labute approximate surface area is 80.5 Å². The van der Waals surface area contributed by atoms with Gasteiger partial charge in [-0.2, -0.15) is 0 Å². The molecule has 1 heterocycles. The molecule has 0 fully saturated rings. The molecule has 0 aromatic carbocycles. The van der Waals surface area contributed by atoms with Crippen LogP contribution in [-0.4, -0.2) is 25.2 Å². The third kappa shape index (κ3) is 3.02. The van der Waals surface area contributed by atoms with Crippen molar-refractivity contribution in [1.29, 1.82) is 0 Å². The molecule has 0 spiro atoms. The zero-order valence-electron chi connectivity index (χ0n) is 7.57. The quantitative estimate of drug-likeness (QED) is 0.688. The van der Waals surface area contributed by atoms with E-state index in [-0.39, 0.29) is 5.97 Å². The molecule has 0 saturated carbocycles. The molecule has 0 amide bonds. The lowest BCUT2D eigenvalue weighted by Crippen LogP contribution is -2.00. The summed E-state index contributed by atoms with van der Waals surface area (Å²) in [5.41, 5.74) is 0. The normalized spacial score (nSPS) is 9.69. The lowest BCUT2D eigenvalue weighted by molar-refractivity contribution is -0.140. The average molecular weight is 201 g/mol. The van der Waals surface area contributed by atoms with E-state index in [9.17, 15) is 4.79 Å². The Morgan fingerprint density at radius 3 is 2.92 bits per heavy atom. The predicted molar refractivity (Wildman–Crippen MR) is 49.0 cm³/mol. The van der Waals surface area contributed by atoms with Crippen LogP contribution in [0.1, 0.15) is 11.3 Å². The molecule has 1 aromatic heterocycles. The number of carbonyl (C=O) groups is 1. The van der Waals surface area contributed by atoms with E-state index in [1.807, 2.05) is 0 Å². The lowest BCUT2D eigenvalue weighted by atomic mass is 10.3. The molecule has 0 aliphatic rings. The summed E-state index contributed by atoms with van der Waals surface area (Å²) in [6.45, 7) is 0. The predicted octanol–water partition coefficient (Wildman–Crippen LogP) is 1.26. The minimum absolute atomic E-state index is 0.202. The van der Waals surface area contributed by atoms with Crippen LogP contribution in [0.3, 0.4) is 0 Å². The first-order valence-corrected chi connectivity index (χ1v) is 4.63. The first-order chi connectivity index (χ1) is 6.26. The van der Waals surface area contributed by atoms with Crippen molar-refractivity contribution in [2.45, 2.75) is 12.8 Å². The molecule has 72 valence electrons. The fourth-order valence-electron chi connectivity index (χ4n) is 0.827. The molecule has 0 N–H and O–H groups in total. The highest BCUT2D eigenvalue weighted by Crippen LogP contribution is 2.20. The van der Waals surface area contributed by atoms with Gasteiger partial charge in [-0.25, -0.2) is 4.98 Å². The zero-order valence-corrected chi connectivity index (χ0v) is 8.39. The molecule has 0 unspecified atom stereocenters. The van der Waals surface area contributed by atoms with Crippen molar-refractivity contribution in [3.63, 3.8) is 0 Å². The zero-order chi connectivity index (χ0) is 9.68. The second-order valence-corrected chi connectivity index (χ2v) is 3.45. The van der Waals surface area contributed by atoms with E-state index in [0.29, 0.717) is 18.0 Å². The number of nitrogens with zero attached hydrogens (tertiary/aromatic N) is 1. The third-order valence-electron chi connectivity index (χ3n) is 1.51. The molecule has 1 aromatic rings. The van der Waals surface area contributed by atoms with Gasteiger partial charge in [0.1, 0.15) is 0 Å². The number of hydrogen-bond acceptors (Lipinski definition) is 5. The number of rotatable bonds is 4. The van der Waals surface area contributed by atoms with Crippen molar-refractivity contribution in [1.82, 2.24) is 4.98 Å². The van der Waals surface area contributed by atoms with Crippen molar-refractivity contribution in [2.75, 3.05) is 14.2 Å². The van der Waals surface area contributed by atoms with Crippen LogP contribution >= 0.6 is 11.3 Å². The number of methoxy groups -OCH3 is 2. The fraction of sp³-hybridized carbons (Fsp3) is 0.500. The first kappa shape index (κ1) is 9.98. The van der Waals surface area contributed by atoms with E-state index >= 15 is 0 Å². The second-order valence-electron chi connectivity index (χ2n) is 2.37. The minimum atomic E-state index is -0.202. The Hall–Kier alpha value is -1.10. The highest BCUT2D eigenvalue weighted by molar-refractivity contribution is 7.13. The number of hydrogen-bond donors (Lipinski definition) is 0. The van der Waals surface area contributed by atoms with Crippen molar-refractivity contribution < 1.29 is 14.3 Å². The SMILES string of the molecule is COC(=O)CCc1cnc(OC)s1. The van der Waals surface area contributed by atoms with E-state index in [1.165, 1.54) is 18.4 Å². The maximum absolute atomic E-state index is 10.8.